The summed E-state index contributed by atoms with van der Waals surface area (Å²) < 4.78 is 0.792. The van der Waals surface area contributed by atoms with Crippen LogP contribution in [-0.2, 0) is 4.79 Å². The minimum Gasteiger partial charge on any atom is -0.343 e. The lowest BCUT2D eigenvalue weighted by atomic mass is 10.1. The van der Waals surface area contributed by atoms with Crippen LogP contribution >= 0.6 is 27.5 Å². The number of amides is 1. The number of halogens is 2. The van der Waals surface area contributed by atoms with Gasteiger partial charge in [0.25, 0.3) is 5.91 Å². The molecule has 1 amide bonds. The summed E-state index contributed by atoms with van der Waals surface area (Å²) in [6.07, 6.45) is 1.63. The fourth-order valence-electron chi connectivity index (χ4n) is 2.66. The molecule has 124 valence electrons. The van der Waals surface area contributed by atoms with E-state index in [2.05, 4.69) is 36.8 Å². The van der Waals surface area contributed by atoms with Crippen molar-refractivity contribution in [3.05, 3.63) is 69.8 Å². The number of benzene rings is 2. The van der Waals surface area contributed by atoms with E-state index in [-0.39, 0.29) is 5.91 Å². The molecule has 1 aromatic heterocycles. The second-order valence-corrected chi connectivity index (χ2v) is 6.70. The smallest absolute Gasteiger partial charge is 0.257 e. The first kappa shape index (κ1) is 15.9. The molecular weight excluding hydrogens is 404 g/mol. The maximum atomic E-state index is 12.2. The number of hydrogen-bond donors (Lipinski definition) is 3. The van der Waals surface area contributed by atoms with E-state index in [1.165, 1.54) is 0 Å². The Balaban J connectivity index is 1.64. The number of anilines is 2. The standard InChI is InChI=1S/C18H12BrClN4O/c19-15-16(10-4-2-1-3-5-10)23-24-17(15)21-9-13-12-8-11(20)6-7-14(12)22-18(13)25/h1-9H,(H,22,25)(H2,21,23,24)/b13-9+. The zero-order chi connectivity index (χ0) is 17.4. The summed E-state index contributed by atoms with van der Waals surface area (Å²) in [6.45, 7) is 0. The van der Waals surface area contributed by atoms with Gasteiger partial charge >= 0.3 is 0 Å². The predicted octanol–water partition coefficient (Wildman–Crippen LogP) is 4.90. The van der Waals surface area contributed by atoms with Gasteiger partial charge < -0.3 is 10.6 Å². The van der Waals surface area contributed by atoms with Crippen molar-refractivity contribution in [1.82, 2.24) is 10.2 Å². The highest BCUT2D eigenvalue weighted by molar-refractivity contribution is 9.10. The Morgan fingerprint density at radius 1 is 1.16 bits per heavy atom. The van der Waals surface area contributed by atoms with Crippen LogP contribution in [0.25, 0.3) is 16.8 Å². The second kappa shape index (κ2) is 6.38. The molecule has 0 unspecified atom stereocenters. The molecule has 0 saturated heterocycles. The number of carbonyl (C=O) groups is 1. The zero-order valence-electron chi connectivity index (χ0n) is 12.8. The lowest BCUT2D eigenvalue weighted by molar-refractivity contribution is -0.110. The van der Waals surface area contributed by atoms with E-state index in [1.54, 1.807) is 24.4 Å². The van der Waals surface area contributed by atoms with Gasteiger partial charge in [0.1, 0.15) is 0 Å². The summed E-state index contributed by atoms with van der Waals surface area (Å²) in [5.41, 5.74) is 3.89. The number of nitrogens with zero attached hydrogens (tertiary/aromatic N) is 1. The van der Waals surface area contributed by atoms with Gasteiger partial charge in [0.15, 0.2) is 5.82 Å². The van der Waals surface area contributed by atoms with E-state index in [4.69, 9.17) is 11.6 Å². The summed E-state index contributed by atoms with van der Waals surface area (Å²) in [4.78, 5) is 12.2. The second-order valence-electron chi connectivity index (χ2n) is 5.47. The van der Waals surface area contributed by atoms with Gasteiger partial charge in [0, 0.05) is 28.0 Å². The Labute approximate surface area is 157 Å². The number of fused-ring (bicyclic) bond motifs is 1. The maximum absolute atomic E-state index is 12.2. The largest absolute Gasteiger partial charge is 0.343 e. The summed E-state index contributed by atoms with van der Waals surface area (Å²) in [5, 5.41) is 13.7. The first-order valence-electron chi connectivity index (χ1n) is 7.51. The molecule has 4 rings (SSSR count). The zero-order valence-corrected chi connectivity index (χ0v) is 15.1. The number of aromatic nitrogens is 2. The van der Waals surface area contributed by atoms with Crippen LogP contribution < -0.4 is 10.6 Å². The van der Waals surface area contributed by atoms with Crippen LogP contribution in [0.2, 0.25) is 5.02 Å². The van der Waals surface area contributed by atoms with E-state index < -0.39 is 0 Å². The van der Waals surface area contributed by atoms with Gasteiger partial charge in [-0.1, -0.05) is 41.9 Å². The van der Waals surface area contributed by atoms with Crippen molar-refractivity contribution in [1.29, 1.82) is 0 Å². The third kappa shape index (κ3) is 2.94. The highest BCUT2D eigenvalue weighted by Gasteiger charge is 2.24. The van der Waals surface area contributed by atoms with Gasteiger partial charge in [-0.25, -0.2) is 0 Å². The molecule has 0 saturated carbocycles. The molecule has 0 bridgehead atoms. The summed E-state index contributed by atoms with van der Waals surface area (Å²) in [5.74, 6) is 0.411. The third-order valence-electron chi connectivity index (χ3n) is 3.89. The molecule has 2 aromatic carbocycles. The minimum atomic E-state index is -0.181. The van der Waals surface area contributed by atoms with Gasteiger partial charge in [-0.05, 0) is 34.1 Å². The number of hydrogen-bond acceptors (Lipinski definition) is 3. The van der Waals surface area contributed by atoms with E-state index in [0.717, 1.165) is 27.0 Å². The number of H-pyrrole nitrogens is 1. The lowest BCUT2D eigenvalue weighted by Gasteiger charge is -2.01. The molecule has 0 radical (unpaired) electrons. The number of rotatable bonds is 3. The molecule has 0 aliphatic carbocycles. The monoisotopic (exact) mass is 414 g/mol. The SMILES string of the molecule is O=C1Nc2ccc(Cl)cc2/C1=C\Nc1n[nH]c(-c2ccccc2)c1Br. The highest BCUT2D eigenvalue weighted by atomic mass is 79.9. The third-order valence-corrected chi connectivity index (χ3v) is 4.89. The van der Waals surface area contributed by atoms with Crippen LogP contribution in [0, 0.1) is 0 Å². The predicted molar refractivity (Wildman–Crippen MR) is 103 cm³/mol. The van der Waals surface area contributed by atoms with Crippen LogP contribution in [0.3, 0.4) is 0 Å². The van der Waals surface area contributed by atoms with Crippen LogP contribution in [-0.4, -0.2) is 16.1 Å². The lowest BCUT2D eigenvalue weighted by Crippen LogP contribution is -2.05. The van der Waals surface area contributed by atoms with Crippen molar-refractivity contribution >= 4 is 50.5 Å². The Bertz CT molecular complexity index is 998. The number of aromatic amines is 1. The molecule has 3 aromatic rings. The maximum Gasteiger partial charge on any atom is 0.257 e. The molecule has 25 heavy (non-hydrogen) atoms. The van der Waals surface area contributed by atoms with E-state index in [1.807, 2.05) is 30.3 Å². The summed E-state index contributed by atoms with van der Waals surface area (Å²) in [7, 11) is 0. The summed E-state index contributed by atoms with van der Waals surface area (Å²) >= 11 is 9.59. The van der Waals surface area contributed by atoms with Crippen molar-refractivity contribution in [2.75, 3.05) is 10.6 Å². The average Bonchev–Trinajstić information content (AvgIpc) is 3.13. The van der Waals surface area contributed by atoms with Crippen molar-refractivity contribution in [2.24, 2.45) is 0 Å². The molecule has 5 nitrogen and oxygen atoms in total. The normalized spacial score (nSPS) is 14.5. The minimum absolute atomic E-state index is 0.181. The van der Waals surface area contributed by atoms with Crippen LogP contribution in [0.5, 0.6) is 0 Å². The first-order chi connectivity index (χ1) is 12.1. The molecule has 2 heterocycles. The first-order valence-corrected chi connectivity index (χ1v) is 8.68. The van der Waals surface area contributed by atoms with E-state index >= 15 is 0 Å². The quantitative estimate of drug-likeness (QED) is 0.533. The Morgan fingerprint density at radius 2 is 1.96 bits per heavy atom. The number of nitrogens with one attached hydrogen (secondary N) is 3. The fourth-order valence-corrected chi connectivity index (χ4v) is 3.36. The van der Waals surface area contributed by atoms with E-state index in [0.29, 0.717) is 16.4 Å². The highest BCUT2D eigenvalue weighted by Crippen LogP contribution is 2.35. The molecule has 1 aliphatic heterocycles. The van der Waals surface area contributed by atoms with Gasteiger partial charge in [-0.2, -0.15) is 5.10 Å². The topological polar surface area (TPSA) is 69.8 Å². The fraction of sp³-hybridized carbons (Fsp3) is 0. The average molecular weight is 416 g/mol. The Kier molecular flexibility index (Phi) is 4.07. The van der Waals surface area contributed by atoms with Crippen molar-refractivity contribution in [3.8, 4) is 11.3 Å². The van der Waals surface area contributed by atoms with Crippen molar-refractivity contribution in [3.63, 3.8) is 0 Å². The van der Waals surface area contributed by atoms with E-state index in [9.17, 15) is 4.79 Å². The van der Waals surface area contributed by atoms with Gasteiger partial charge in [-0.15, -0.1) is 0 Å². The molecule has 7 heteroatoms. The van der Waals surface area contributed by atoms with Gasteiger partial charge in [0.05, 0.1) is 15.7 Å². The molecular formula is C18H12BrClN4O. The van der Waals surface area contributed by atoms with Gasteiger partial charge in [-0.3, -0.25) is 9.89 Å². The molecule has 1 aliphatic rings. The van der Waals surface area contributed by atoms with Gasteiger partial charge in [0.2, 0.25) is 0 Å². The molecule has 0 atom stereocenters. The van der Waals surface area contributed by atoms with Crippen LogP contribution in [0.4, 0.5) is 11.5 Å². The Morgan fingerprint density at radius 3 is 2.76 bits per heavy atom. The molecule has 0 spiro atoms. The van der Waals surface area contributed by atoms with Crippen molar-refractivity contribution in [2.45, 2.75) is 0 Å². The number of carbonyl (C=O) groups excluding carboxylic acids is 1. The van der Waals surface area contributed by atoms with Crippen LogP contribution in [0.15, 0.2) is 59.2 Å². The summed E-state index contributed by atoms with van der Waals surface area (Å²) in [6, 6.07) is 15.1. The van der Waals surface area contributed by atoms with Crippen LogP contribution in [0.1, 0.15) is 5.56 Å². The molecule has 0 fully saturated rings. The molecule has 3 N–H and O–H groups in total. The Hall–Kier alpha value is -2.57. The van der Waals surface area contributed by atoms with Crippen molar-refractivity contribution < 1.29 is 4.79 Å².